The van der Waals surface area contributed by atoms with Gasteiger partial charge in [0, 0.05) is 6.54 Å². The molecular weight excluding hydrogens is 339 g/mol. The minimum atomic E-state index is -1.42. The van der Waals surface area contributed by atoms with Gasteiger partial charge < -0.3 is 24.6 Å². The van der Waals surface area contributed by atoms with Gasteiger partial charge in [0.05, 0.1) is 42.4 Å². The predicted molar refractivity (Wildman–Crippen MR) is 79.2 cm³/mol. The first-order valence-electron chi connectivity index (χ1n) is 8.29. The number of nitrogens with zero attached hydrogens (tertiary/aromatic N) is 2. The van der Waals surface area contributed by atoms with E-state index in [9.17, 15) is 24.6 Å². The van der Waals surface area contributed by atoms with Crippen LogP contribution in [-0.4, -0.2) is 64.2 Å². The SMILES string of the molecule is CCCOC(=O)N1CCCC2=C(C(=O)[O-])N3C(=O)[C@H]([C@@H](C)O)[C@H]3[C@@H]21.[Na+]. The minimum absolute atomic E-state index is 0. The van der Waals surface area contributed by atoms with E-state index in [1.54, 1.807) is 0 Å². The molecule has 25 heavy (non-hydrogen) atoms. The minimum Gasteiger partial charge on any atom is -0.543 e. The fourth-order valence-corrected chi connectivity index (χ4v) is 4.05. The normalized spacial score (nSPS) is 28.6. The Morgan fingerprint density at radius 2 is 2.12 bits per heavy atom. The molecule has 9 heteroatoms. The fraction of sp³-hybridized carbons (Fsp3) is 0.688. The Morgan fingerprint density at radius 3 is 2.68 bits per heavy atom. The first kappa shape index (κ1) is 20.2. The van der Waals surface area contributed by atoms with Crippen LogP contribution in [0.5, 0.6) is 0 Å². The Bertz CT molecular complexity index is 620. The number of carboxylic acids is 1. The fourth-order valence-electron chi connectivity index (χ4n) is 4.05. The van der Waals surface area contributed by atoms with Crippen molar-refractivity contribution >= 4 is 18.0 Å². The number of aliphatic hydroxyl groups excluding tert-OH is 1. The molecule has 3 rings (SSSR count). The number of amides is 2. The summed E-state index contributed by atoms with van der Waals surface area (Å²) in [5, 5.41) is 21.5. The molecule has 3 aliphatic heterocycles. The molecule has 0 aromatic heterocycles. The third-order valence-electron chi connectivity index (χ3n) is 4.97. The van der Waals surface area contributed by atoms with E-state index in [0.29, 0.717) is 31.4 Å². The molecule has 8 nitrogen and oxygen atoms in total. The maximum absolute atomic E-state index is 12.4. The molecule has 0 spiro atoms. The Hall–Kier alpha value is -1.09. The summed E-state index contributed by atoms with van der Waals surface area (Å²) in [4.78, 5) is 38.9. The second kappa shape index (κ2) is 7.65. The Morgan fingerprint density at radius 1 is 1.44 bits per heavy atom. The number of carboxylic acid groups (broad SMARTS) is 1. The summed E-state index contributed by atoms with van der Waals surface area (Å²) in [6, 6.07) is -1.12. The molecule has 4 atom stereocenters. The summed E-state index contributed by atoms with van der Waals surface area (Å²) in [5.74, 6) is -2.57. The Balaban J connectivity index is 0.00000225. The zero-order valence-electron chi connectivity index (χ0n) is 14.7. The van der Waals surface area contributed by atoms with Crippen molar-refractivity contribution < 1.29 is 58.9 Å². The number of piperidine rings is 1. The number of carbonyl (C=O) groups excluding carboxylic acids is 3. The topological polar surface area (TPSA) is 110 Å². The first-order valence-corrected chi connectivity index (χ1v) is 8.29. The smallest absolute Gasteiger partial charge is 0.543 e. The molecule has 2 amide bonds. The van der Waals surface area contributed by atoms with Crippen LogP contribution in [0.1, 0.15) is 33.1 Å². The third kappa shape index (κ3) is 3.09. The van der Waals surface area contributed by atoms with Gasteiger partial charge >= 0.3 is 35.7 Å². The van der Waals surface area contributed by atoms with E-state index in [2.05, 4.69) is 0 Å². The molecule has 132 valence electrons. The van der Waals surface area contributed by atoms with Gasteiger partial charge in [-0.15, -0.1) is 0 Å². The van der Waals surface area contributed by atoms with Crippen molar-refractivity contribution in [1.29, 1.82) is 0 Å². The summed E-state index contributed by atoms with van der Waals surface area (Å²) in [6.07, 6.45) is 0.330. The number of β-lactam (4-membered cyclic amide) rings is 1. The van der Waals surface area contributed by atoms with Gasteiger partial charge in [-0.1, -0.05) is 6.92 Å². The molecule has 1 N–H and O–H groups in total. The van der Waals surface area contributed by atoms with Gasteiger partial charge in [0.25, 0.3) is 0 Å². The third-order valence-corrected chi connectivity index (χ3v) is 4.97. The summed E-state index contributed by atoms with van der Waals surface area (Å²) >= 11 is 0. The molecule has 2 saturated heterocycles. The van der Waals surface area contributed by atoms with E-state index in [-0.39, 0.29) is 41.9 Å². The first-order chi connectivity index (χ1) is 11.4. The number of carbonyl (C=O) groups is 3. The number of likely N-dealkylation sites (tertiary alicyclic amines) is 1. The van der Waals surface area contributed by atoms with Crippen LogP contribution in [0.25, 0.3) is 0 Å². The van der Waals surface area contributed by atoms with E-state index >= 15 is 0 Å². The number of rotatable bonds is 4. The molecule has 0 aliphatic carbocycles. The quantitative estimate of drug-likeness (QED) is 0.407. The van der Waals surface area contributed by atoms with Crippen LogP contribution < -0.4 is 34.7 Å². The number of fused-ring (bicyclic) bond motifs is 3. The molecule has 0 aromatic carbocycles. The summed E-state index contributed by atoms with van der Waals surface area (Å²) in [7, 11) is 0. The molecular formula is C16H21N2NaO6. The number of ether oxygens (including phenoxy) is 1. The second-order valence-electron chi connectivity index (χ2n) is 6.48. The molecule has 3 heterocycles. The monoisotopic (exact) mass is 360 g/mol. The molecule has 0 bridgehead atoms. The van der Waals surface area contributed by atoms with E-state index in [4.69, 9.17) is 4.74 Å². The average Bonchev–Trinajstić information content (AvgIpc) is 2.82. The van der Waals surface area contributed by atoms with Crippen LogP contribution in [-0.2, 0) is 14.3 Å². The molecule has 3 aliphatic rings. The van der Waals surface area contributed by atoms with Crippen molar-refractivity contribution in [2.45, 2.75) is 51.3 Å². The van der Waals surface area contributed by atoms with Gasteiger partial charge in [-0.3, -0.25) is 9.69 Å². The zero-order valence-corrected chi connectivity index (χ0v) is 16.7. The molecule has 2 fully saturated rings. The molecule has 0 aromatic rings. The Labute approximate surface area is 168 Å². The van der Waals surface area contributed by atoms with Crippen LogP contribution in [0.4, 0.5) is 4.79 Å². The van der Waals surface area contributed by atoms with E-state index in [1.165, 1.54) is 16.7 Å². The van der Waals surface area contributed by atoms with E-state index in [1.807, 2.05) is 6.92 Å². The number of hydrogen-bond donors (Lipinski definition) is 1. The number of aliphatic carboxylic acids is 1. The van der Waals surface area contributed by atoms with Crippen LogP contribution in [0.15, 0.2) is 11.3 Å². The van der Waals surface area contributed by atoms with Gasteiger partial charge in [0.1, 0.15) is 0 Å². The van der Waals surface area contributed by atoms with Gasteiger partial charge in [0.2, 0.25) is 5.91 Å². The van der Waals surface area contributed by atoms with Gasteiger partial charge in [-0.2, -0.15) is 0 Å². The molecule has 0 saturated carbocycles. The van der Waals surface area contributed by atoms with Crippen LogP contribution >= 0.6 is 0 Å². The Kier molecular flexibility index (Phi) is 6.19. The van der Waals surface area contributed by atoms with Crippen molar-refractivity contribution in [3.8, 4) is 0 Å². The van der Waals surface area contributed by atoms with Crippen molar-refractivity contribution in [2.24, 2.45) is 5.92 Å². The summed E-state index contributed by atoms with van der Waals surface area (Å²) < 4.78 is 5.20. The van der Waals surface area contributed by atoms with Crippen molar-refractivity contribution in [3.05, 3.63) is 11.3 Å². The average molecular weight is 360 g/mol. The number of aliphatic hydroxyl groups is 1. The van der Waals surface area contributed by atoms with Crippen molar-refractivity contribution in [2.75, 3.05) is 13.2 Å². The van der Waals surface area contributed by atoms with Crippen LogP contribution in [0, 0.1) is 5.92 Å². The van der Waals surface area contributed by atoms with Crippen molar-refractivity contribution in [3.63, 3.8) is 0 Å². The predicted octanol–water partition coefficient (Wildman–Crippen LogP) is -3.77. The van der Waals surface area contributed by atoms with E-state index < -0.39 is 42.1 Å². The van der Waals surface area contributed by atoms with Gasteiger partial charge in [-0.25, -0.2) is 4.79 Å². The van der Waals surface area contributed by atoms with Gasteiger partial charge in [-0.05, 0) is 31.8 Å². The second-order valence-corrected chi connectivity index (χ2v) is 6.48. The van der Waals surface area contributed by atoms with Crippen LogP contribution in [0.2, 0.25) is 0 Å². The van der Waals surface area contributed by atoms with Crippen LogP contribution in [0.3, 0.4) is 0 Å². The summed E-state index contributed by atoms with van der Waals surface area (Å²) in [6.45, 7) is 4.09. The van der Waals surface area contributed by atoms with Gasteiger partial charge in [0.15, 0.2) is 0 Å². The molecule has 0 unspecified atom stereocenters. The maximum atomic E-state index is 12.4. The number of hydrogen-bond acceptors (Lipinski definition) is 6. The summed E-state index contributed by atoms with van der Waals surface area (Å²) in [5.41, 5.74) is 0.385. The van der Waals surface area contributed by atoms with Crippen molar-refractivity contribution in [1.82, 2.24) is 9.80 Å². The molecule has 0 radical (unpaired) electrons. The van der Waals surface area contributed by atoms with E-state index in [0.717, 1.165) is 0 Å². The maximum Gasteiger partial charge on any atom is 1.00 e. The standard InChI is InChI=1S/C16H22N2O6.Na/c1-3-7-24-16(23)17-6-4-5-9-11(17)13-10(8(2)19)14(20)18(13)12(9)15(21)22;/h8,10-11,13,19H,3-7H2,1-2H3,(H,21,22);/q;+1/p-1/t8-,10-,11-,13+;/m1./s1. The largest absolute Gasteiger partial charge is 1.00 e. The zero-order chi connectivity index (χ0) is 17.6.